The molecule has 0 aliphatic heterocycles. The lowest BCUT2D eigenvalue weighted by Gasteiger charge is -2.08. The van der Waals surface area contributed by atoms with Gasteiger partial charge in [0.15, 0.2) is 11.6 Å². The number of aryl methyl sites for hydroxylation is 2. The molecule has 1 aromatic heterocycles. The zero-order valence-corrected chi connectivity index (χ0v) is 12.7. The van der Waals surface area contributed by atoms with Crippen LogP contribution in [0.4, 0.5) is 8.78 Å². The number of rotatable bonds is 3. The number of hydrogen-bond acceptors (Lipinski definition) is 1. The average Bonchev–Trinajstić information content (AvgIpc) is 2.94. The van der Waals surface area contributed by atoms with Gasteiger partial charge in [-0.05, 0) is 55.0 Å². The van der Waals surface area contributed by atoms with Gasteiger partial charge < -0.3 is 0 Å². The normalized spacial score (nSPS) is 15.5. The Labute approximate surface area is 123 Å². The molecule has 0 saturated heterocycles. The number of thiophene rings is 1. The van der Waals surface area contributed by atoms with Gasteiger partial charge in [0.05, 0.1) is 4.83 Å². The van der Waals surface area contributed by atoms with E-state index in [-0.39, 0.29) is 4.83 Å². The molecule has 1 aliphatic rings. The fourth-order valence-electron chi connectivity index (χ4n) is 2.48. The van der Waals surface area contributed by atoms with Crippen molar-refractivity contribution >= 4 is 27.3 Å². The molecule has 0 spiro atoms. The van der Waals surface area contributed by atoms with Crippen LogP contribution >= 0.6 is 27.3 Å². The van der Waals surface area contributed by atoms with Crippen LogP contribution in [0, 0.1) is 11.6 Å². The average molecular weight is 343 g/mol. The maximum atomic E-state index is 13.2. The van der Waals surface area contributed by atoms with Crippen molar-refractivity contribution in [1.82, 2.24) is 0 Å². The molecule has 1 atom stereocenters. The molecule has 0 N–H and O–H groups in total. The minimum absolute atomic E-state index is 0.174. The molecule has 4 heteroatoms. The van der Waals surface area contributed by atoms with Crippen LogP contribution in [0.15, 0.2) is 24.3 Å². The topological polar surface area (TPSA) is 0 Å². The molecule has 1 aliphatic carbocycles. The zero-order chi connectivity index (χ0) is 13.4. The highest BCUT2D eigenvalue weighted by Gasteiger charge is 2.19. The molecule has 2 aromatic rings. The number of alkyl halides is 1. The molecular weight excluding hydrogens is 330 g/mol. The summed E-state index contributed by atoms with van der Waals surface area (Å²) in [7, 11) is 0. The van der Waals surface area contributed by atoms with Crippen LogP contribution in [0.1, 0.15) is 32.1 Å². The van der Waals surface area contributed by atoms with Crippen molar-refractivity contribution in [2.24, 2.45) is 0 Å². The van der Waals surface area contributed by atoms with Crippen molar-refractivity contribution < 1.29 is 8.78 Å². The second kappa shape index (κ2) is 5.33. The minimum Gasteiger partial charge on any atom is -0.204 e. The quantitative estimate of drug-likeness (QED) is 0.673. The molecule has 1 unspecified atom stereocenters. The van der Waals surface area contributed by atoms with Crippen LogP contribution < -0.4 is 0 Å². The van der Waals surface area contributed by atoms with Gasteiger partial charge in [0.1, 0.15) is 0 Å². The largest absolute Gasteiger partial charge is 0.204 e. The Morgan fingerprint density at radius 3 is 2.74 bits per heavy atom. The summed E-state index contributed by atoms with van der Waals surface area (Å²) in [4.78, 5) is 2.95. The molecule has 1 aromatic carbocycles. The van der Waals surface area contributed by atoms with Gasteiger partial charge in [0.25, 0.3) is 0 Å². The predicted molar refractivity (Wildman–Crippen MR) is 78.1 cm³/mol. The third kappa shape index (κ3) is 2.75. The first kappa shape index (κ1) is 13.3. The third-order valence-electron chi connectivity index (χ3n) is 3.47. The first-order valence-electron chi connectivity index (χ1n) is 6.33. The van der Waals surface area contributed by atoms with Crippen LogP contribution in [0.3, 0.4) is 0 Å². The first-order valence-corrected chi connectivity index (χ1v) is 8.06. The summed E-state index contributed by atoms with van der Waals surface area (Å²) in [6, 6.07) is 6.38. The summed E-state index contributed by atoms with van der Waals surface area (Å²) in [6.45, 7) is 0. The second-order valence-corrected chi connectivity index (χ2v) is 7.14. The van der Waals surface area contributed by atoms with E-state index in [1.807, 2.05) is 11.3 Å². The Bertz CT molecular complexity index is 585. The van der Waals surface area contributed by atoms with Gasteiger partial charge >= 0.3 is 0 Å². The van der Waals surface area contributed by atoms with Crippen molar-refractivity contribution in [2.75, 3.05) is 0 Å². The first-order chi connectivity index (χ1) is 9.13. The van der Waals surface area contributed by atoms with E-state index in [9.17, 15) is 8.78 Å². The SMILES string of the molecule is Fc1ccc(CC(Br)c2cc3c(s2)CCC3)cc1F. The Kier molecular flexibility index (Phi) is 3.72. The summed E-state index contributed by atoms with van der Waals surface area (Å²) >= 11 is 5.50. The second-order valence-electron chi connectivity index (χ2n) is 4.87. The third-order valence-corrected chi connectivity index (χ3v) is 5.94. The van der Waals surface area contributed by atoms with E-state index < -0.39 is 11.6 Å². The minimum atomic E-state index is -0.787. The van der Waals surface area contributed by atoms with Crippen molar-refractivity contribution in [1.29, 1.82) is 0 Å². The van der Waals surface area contributed by atoms with E-state index in [0.29, 0.717) is 6.42 Å². The highest BCUT2D eigenvalue weighted by molar-refractivity contribution is 9.09. The van der Waals surface area contributed by atoms with E-state index in [0.717, 1.165) is 5.56 Å². The summed E-state index contributed by atoms with van der Waals surface area (Å²) < 4.78 is 26.1. The molecule has 3 rings (SSSR count). The molecular formula is C15H13BrF2S. The fourth-order valence-corrected chi connectivity index (χ4v) is 4.50. The molecule has 0 saturated carbocycles. The number of fused-ring (bicyclic) bond motifs is 1. The zero-order valence-electron chi connectivity index (χ0n) is 10.3. The fraction of sp³-hybridized carbons (Fsp3) is 0.333. The highest BCUT2D eigenvalue weighted by Crippen LogP contribution is 2.38. The van der Waals surface area contributed by atoms with Crippen molar-refractivity contribution in [3.63, 3.8) is 0 Å². The highest BCUT2D eigenvalue weighted by atomic mass is 79.9. The van der Waals surface area contributed by atoms with Gasteiger partial charge in [-0.1, -0.05) is 22.0 Å². The molecule has 100 valence electrons. The van der Waals surface area contributed by atoms with Crippen LogP contribution in [0.2, 0.25) is 0 Å². The Morgan fingerprint density at radius 2 is 2.00 bits per heavy atom. The van der Waals surface area contributed by atoms with Crippen molar-refractivity contribution in [3.05, 3.63) is 56.8 Å². The van der Waals surface area contributed by atoms with Crippen LogP contribution in [0.25, 0.3) is 0 Å². The number of hydrogen-bond donors (Lipinski definition) is 0. The molecule has 0 amide bonds. The molecule has 1 heterocycles. The van der Waals surface area contributed by atoms with Crippen molar-refractivity contribution in [2.45, 2.75) is 30.5 Å². The standard InChI is InChI=1S/C15H13BrF2S/c16-11(6-9-4-5-12(17)13(18)7-9)15-8-10-2-1-3-14(10)19-15/h4-5,7-8,11H,1-3,6H2. The molecule has 0 radical (unpaired) electrons. The van der Waals surface area contributed by atoms with Gasteiger partial charge in [-0.25, -0.2) is 8.78 Å². The van der Waals surface area contributed by atoms with E-state index in [1.54, 1.807) is 6.07 Å². The summed E-state index contributed by atoms with van der Waals surface area (Å²) in [5.74, 6) is -1.56. The van der Waals surface area contributed by atoms with E-state index >= 15 is 0 Å². The molecule has 0 bridgehead atoms. The number of benzene rings is 1. The smallest absolute Gasteiger partial charge is 0.159 e. The van der Waals surface area contributed by atoms with E-state index in [2.05, 4.69) is 22.0 Å². The Hall–Kier alpha value is -0.740. The molecule has 0 fully saturated rings. The molecule has 19 heavy (non-hydrogen) atoms. The maximum Gasteiger partial charge on any atom is 0.159 e. The van der Waals surface area contributed by atoms with Crippen LogP contribution in [-0.2, 0) is 19.3 Å². The number of halogens is 3. The van der Waals surface area contributed by atoms with Crippen LogP contribution in [-0.4, -0.2) is 0 Å². The van der Waals surface area contributed by atoms with Gasteiger partial charge in [-0.3, -0.25) is 0 Å². The predicted octanol–water partition coefficient (Wildman–Crippen LogP) is 5.19. The summed E-state index contributed by atoms with van der Waals surface area (Å²) in [5, 5.41) is 0. The van der Waals surface area contributed by atoms with Gasteiger partial charge in [-0.2, -0.15) is 0 Å². The van der Waals surface area contributed by atoms with Gasteiger partial charge in [0, 0.05) is 9.75 Å². The molecule has 0 nitrogen and oxygen atoms in total. The Balaban J connectivity index is 1.76. The monoisotopic (exact) mass is 342 g/mol. The summed E-state index contributed by atoms with van der Waals surface area (Å²) in [5.41, 5.74) is 2.28. The van der Waals surface area contributed by atoms with E-state index in [1.165, 1.54) is 46.7 Å². The summed E-state index contributed by atoms with van der Waals surface area (Å²) in [6.07, 6.45) is 4.30. The van der Waals surface area contributed by atoms with Crippen molar-refractivity contribution in [3.8, 4) is 0 Å². The Morgan fingerprint density at radius 1 is 1.16 bits per heavy atom. The lowest BCUT2D eigenvalue weighted by Crippen LogP contribution is -1.95. The van der Waals surface area contributed by atoms with Crippen LogP contribution in [0.5, 0.6) is 0 Å². The maximum absolute atomic E-state index is 13.2. The lowest BCUT2D eigenvalue weighted by atomic mass is 10.1. The lowest BCUT2D eigenvalue weighted by molar-refractivity contribution is 0.507. The van der Waals surface area contributed by atoms with Gasteiger partial charge in [0.2, 0.25) is 0 Å². The van der Waals surface area contributed by atoms with Gasteiger partial charge in [-0.15, -0.1) is 11.3 Å². The van der Waals surface area contributed by atoms with E-state index in [4.69, 9.17) is 0 Å².